The van der Waals surface area contributed by atoms with Gasteiger partial charge in [-0.3, -0.25) is 13.2 Å². The number of ether oxygens (including phenoxy) is 2. The summed E-state index contributed by atoms with van der Waals surface area (Å²) in [7, 11) is 0. The van der Waals surface area contributed by atoms with E-state index in [1.54, 1.807) is 0 Å². The second kappa shape index (κ2) is 11.1. The van der Waals surface area contributed by atoms with Gasteiger partial charge in [0, 0.05) is 15.8 Å². The highest BCUT2D eigenvalue weighted by Gasteiger charge is 2.26. The third kappa shape index (κ3) is 10.2. The van der Waals surface area contributed by atoms with Crippen LogP contribution < -0.4 is 10.6 Å². The first-order valence-corrected chi connectivity index (χ1v) is 12.5. The number of hydrogen-bond donors (Lipinski definition) is 3. The van der Waals surface area contributed by atoms with Gasteiger partial charge in [-0.05, 0) is 73.0 Å². The zero-order valence-corrected chi connectivity index (χ0v) is 20.3. The number of benzene rings is 1. The van der Waals surface area contributed by atoms with Crippen LogP contribution in [0.5, 0.6) is 0 Å². The van der Waals surface area contributed by atoms with Crippen molar-refractivity contribution in [3.8, 4) is 0 Å². The summed E-state index contributed by atoms with van der Waals surface area (Å²) >= 11 is 1.49. The molecule has 0 aromatic heterocycles. The molecule has 1 unspecified atom stereocenters. The summed E-state index contributed by atoms with van der Waals surface area (Å²) in [5, 5.41) is 6.02. The fourth-order valence-electron chi connectivity index (χ4n) is 1.97. The highest BCUT2D eigenvalue weighted by molar-refractivity contribution is 14.1. The van der Waals surface area contributed by atoms with Crippen molar-refractivity contribution in [2.75, 3.05) is 32.6 Å². The highest BCUT2D eigenvalue weighted by Crippen LogP contribution is 2.20. The first-order valence-electron chi connectivity index (χ1n) is 8.39. The average molecular weight is 603 g/mol. The van der Waals surface area contributed by atoms with Crippen LogP contribution in [0, 0.1) is 3.56 Å². The van der Waals surface area contributed by atoms with E-state index in [1.165, 1.54) is 0 Å². The number of anilines is 2. The van der Waals surface area contributed by atoms with E-state index in [-0.39, 0.29) is 25.0 Å². The fourth-order valence-corrected chi connectivity index (χ4v) is 4.66. The first-order chi connectivity index (χ1) is 12.6. The Morgan fingerprint density at radius 3 is 1.81 bits per heavy atom. The largest absolute Gasteiger partial charge is 0.459 e. The van der Waals surface area contributed by atoms with Gasteiger partial charge in [-0.25, -0.2) is 0 Å². The fraction of sp³-hybridized carbons (Fsp3) is 0.556. The number of esters is 2. The molecule has 0 aliphatic rings. The number of alkyl halides is 2. The van der Waals surface area contributed by atoms with Gasteiger partial charge >= 0.3 is 11.9 Å². The Kier molecular flexibility index (Phi) is 9.91. The molecule has 0 aliphatic carbocycles. The second-order valence-electron chi connectivity index (χ2n) is 7.20. The molecule has 1 aromatic carbocycles. The number of rotatable bonds is 10. The van der Waals surface area contributed by atoms with E-state index >= 15 is 0 Å². The molecular weight excluding hydrogens is 576 g/mol. The maximum atomic E-state index is 12.0. The van der Waals surface area contributed by atoms with Crippen molar-refractivity contribution in [2.45, 2.75) is 38.9 Å². The van der Waals surface area contributed by atoms with Crippen molar-refractivity contribution < 1.29 is 19.1 Å². The van der Waals surface area contributed by atoms with Crippen molar-refractivity contribution in [3.63, 3.8) is 0 Å². The number of nitrogens with one attached hydrogen (secondary N) is 3. The summed E-state index contributed by atoms with van der Waals surface area (Å²) in [6.07, 6.45) is 0. The van der Waals surface area contributed by atoms with E-state index < -0.39 is 32.2 Å². The molecule has 0 aliphatic heterocycles. The lowest BCUT2D eigenvalue weighted by atomic mass is 10.2. The predicted molar refractivity (Wildman–Crippen MR) is 124 cm³/mol. The molecule has 0 bridgehead atoms. The predicted octanol–water partition coefficient (Wildman–Crippen LogP) is 4.32. The summed E-state index contributed by atoms with van der Waals surface area (Å²) in [6, 6.07) is 7.27. The summed E-state index contributed by atoms with van der Waals surface area (Å²) < 4.78 is 19.5. The van der Waals surface area contributed by atoms with Crippen molar-refractivity contribution >= 4 is 66.9 Å². The maximum absolute atomic E-state index is 12.0. The molecule has 27 heavy (non-hydrogen) atoms. The molecule has 152 valence electrons. The SMILES string of the molecule is CC(C)(C)OC(=O)CNc1ccc(NCC(=O)OC(C)(CI)CI=N)cc1. The van der Waals surface area contributed by atoms with Crippen LogP contribution >= 0.6 is 43.6 Å². The zero-order valence-electron chi connectivity index (χ0n) is 16.0. The Balaban J connectivity index is 2.45. The van der Waals surface area contributed by atoms with E-state index in [0.717, 1.165) is 11.4 Å². The quantitative estimate of drug-likeness (QED) is 0.210. The minimum absolute atomic E-state index is 0.0627. The topological polar surface area (TPSA) is 101 Å². The lowest BCUT2D eigenvalue weighted by Crippen LogP contribution is -2.37. The van der Waals surface area contributed by atoms with Gasteiger partial charge in [-0.1, -0.05) is 22.6 Å². The molecule has 1 aromatic rings. The summed E-state index contributed by atoms with van der Waals surface area (Å²) in [4.78, 5) is 23.7. The third-order valence-electron chi connectivity index (χ3n) is 3.17. The normalized spacial score (nSPS) is 13.4. The Hall–Kier alpha value is -0.980. The third-order valence-corrected chi connectivity index (χ3v) is 6.78. The van der Waals surface area contributed by atoms with Crippen LogP contribution in [0.1, 0.15) is 27.7 Å². The van der Waals surface area contributed by atoms with E-state index in [4.69, 9.17) is 13.0 Å². The van der Waals surface area contributed by atoms with Gasteiger partial charge in [0.25, 0.3) is 0 Å². The molecule has 0 radical (unpaired) electrons. The van der Waals surface area contributed by atoms with E-state index in [0.29, 0.717) is 8.86 Å². The smallest absolute Gasteiger partial charge is 0.325 e. The molecule has 9 heteroatoms. The van der Waals surface area contributed by atoms with Crippen LogP contribution in [0.25, 0.3) is 0 Å². The lowest BCUT2D eigenvalue weighted by molar-refractivity contribution is -0.153. The molecule has 0 amide bonds. The van der Waals surface area contributed by atoms with Gasteiger partial charge < -0.3 is 20.1 Å². The average Bonchev–Trinajstić information content (AvgIpc) is 2.58. The van der Waals surface area contributed by atoms with Gasteiger partial charge in [0.1, 0.15) is 24.3 Å². The van der Waals surface area contributed by atoms with E-state index in [1.807, 2.05) is 52.0 Å². The molecule has 1 atom stereocenters. The molecule has 0 heterocycles. The molecule has 0 saturated carbocycles. The molecule has 7 nitrogen and oxygen atoms in total. The van der Waals surface area contributed by atoms with Crippen molar-refractivity contribution in [2.24, 2.45) is 0 Å². The molecule has 0 saturated heterocycles. The van der Waals surface area contributed by atoms with Crippen LogP contribution in [0.3, 0.4) is 0 Å². The van der Waals surface area contributed by atoms with Crippen LogP contribution in [0.4, 0.5) is 11.4 Å². The minimum atomic E-state index is -0.688. The van der Waals surface area contributed by atoms with E-state index in [9.17, 15) is 9.59 Å². The molecule has 3 N–H and O–H groups in total. The van der Waals surface area contributed by atoms with Crippen LogP contribution in [0.2, 0.25) is 0 Å². The highest BCUT2D eigenvalue weighted by atomic mass is 127. The standard InChI is InChI=1S/C18H27I2N3O4/c1-17(2,3)26-15(24)9-22-13-5-7-14(8-6-13)23-10-16(25)27-18(4,11-19)12-20-21/h5-8,21-23H,9-12H2,1-4H3. The Labute approximate surface area is 184 Å². The monoisotopic (exact) mass is 603 g/mol. The first kappa shape index (κ1) is 24.1. The van der Waals surface area contributed by atoms with Crippen LogP contribution in [-0.2, 0) is 19.1 Å². The summed E-state index contributed by atoms with van der Waals surface area (Å²) in [5.74, 6) is -0.653. The Morgan fingerprint density at radius 1 is 1.00 bits per heavy atom. The van der Waals surface area contributed by atoms with Gasteiger partial charge in [0.15, 0.2) is 0 Å². The maximum Gasteiger partial charge on any atom is 0.325 e. The number of halogens is 2. The van der Waals surface area contributed by atoms with E-state index in [2.05, 4.69) is 33.2 Å². The molecular formula is C18H27I2N3O4. The van der Waals surface area contributed by atoms with Crippen molar-refractivity contribution in [3.05, 3.63) is 24.3 Å². The molecule has 1 rings (SSSR count). The zero-order chi connectivity index (χ0) is 20.5. The van der Waals surface area contributed by atoms with Crippen molar-refractivity contribution in [1.29, 1.82) is 3.56 Å². The Bertz CT molecular complexity index is 647. The Morgan fingerprint density at radius 2 is 1.44 bits per heavy atom. The summed E-state index contributed by atoms with van der Waals surface area (Å²) in [5.41, 5.74) is 0.505. The number of carbonyl (C=O) groups excluding carboxylic acids is 2. The molecule has 0 fully saturated rings. The number of hydrogen-bond acceptors (Lipinski definition) is 7. The van der Waals surface area contributed by atoms with Crippen LogP contribution in [-0.4, -0.2) is 45.1 Å². The lowest BCUT2D eigenvalue weighted by Gasteiger charge is -2.25. The number of carbonyl (C=O) groups is 2. The van der Waals surface area contributed by atoms with Gasteiger partial charge in [-0.15, -0.1) is 0 Å². The van der Waals surface area contributed by atoms with Crippen molar-refractivity contribution in [1.82, 2.24) is 0 Å². The van der Waals surface area contributed by atoms with Gasteiger partial charge in [0.05, 0.1) is 4.43 Å². The second-order valence-corrected chi connectivity index (χ2v) is 9.48. The van der Waals surface area contributed by atoms with Gasteiger partial charge in [0.2, 0.25) is 0 Å². The molecule has 0 spiro atoms. The summed E-state index contributed by atoms with van der Waals surface area (Å²) in [6.45, 7) is 7.50. The van der Waals surface area contributed by atoms with Gasteiger partial charge in [-0.2, -0.15) is 0 Å². The van der Waals surface area contributed by atoms with Crippen LogP contribution in [0.15, 0.2) is 24.3 Å². The minimum Gasteiger partial charge on any atom is -0.459 e.